The van der Waals surface area contributed by atoms with Gasteiger partial charge in [0.15, 0.2) is 9.84 Å². The second-order valence-corrected chi connectivity index (χ2v) is 5.99. The molecule has 1 rings (SSSR count). The summed E-state index contributed by atoms with van der Waals surface area (Å²) in [7, 11) is -1.37. The van der Waals surface area contributed by atoms with E-state index in [-0.39, 0.29) is 23.5 Å². The van der Waals surface area contributed by atoms with Crippen LogP contribution in [0.5, 0.6) is 0 Å². The van der Waals surface area contributed by atoms with Crippen molar-refractivity contribution in [2.75, 3.05) is 31.8 Å². The summed E-state index contributed by atoms with van der Waals surface area (Å²) in [4.78, 5) is 12.9. The van der Waals surface area contributed by atoms with Crippen LogP contribution in [0.25, 0.3) is 0 Å². The summed E-state index contributed by atoms with van der Waals surface area (Å²) in [5, 5.41) is 0. The molecule has 1 aliphatic heterocycles. The lowest BCUT2D eigenvalue weighted by atomic mass is 10.2. The van der Waals surface area contributed by atoms with Gasteiger partial charge in [0.1, 0.15) is 0 Å². The van der Waals surface area contributed by atoms with E-state index in [2.05, 4.69) is 0 Å². The average molecular weight is 235 g/mol. The number of rotatable bonds is 4. The topological polar surface area (TPSA) is 63.7 Å². The Labute approximate surface area is 90.3 Å². The molecule has 1 unspecified atom stereocenters. The summed E-state index contributed by atoms with van der Waals surface area (Å²) < 4.78 is 27.4. The van der Waals surface area contributed by atoms with Gasteiger partial charge in [-0.2, -0.15) is 0 Å². The first-order valence-electron chi connectivity index (χ1n) is 4.93. The van der Waals surface area contributed by atoms with Crippen molar-refractivity contribution in [1.29, 1.82) is 0 Å². The minimum absolute atomic E-state index is 0.0887. The second-order valence-electron chi connectivity index (χ2n) is 3.76. The Kier molecular flexibility index (Phi) is 4.10. The third-order valence-corrected chi connectivity index (χ3v) is 4.34. The first-order chi connectivity index (χ1) is 6.96. The molecule has 1 fully saturated rings. The zero-order chi connectivity index (χ0) is 11.5. The van der Waals surface area contributed by atoms with Crippen LogP contribution in [0.15, 0.2) is 0 Å². The van der Waals surface area contributed by atoms with Crippen molar-refractivity contribution >= 4 is 15.7 Å². The lowest BCUT2D eigenvalue weighted by Gasteiger charge is -2.26. The molecule has 0 aromatic rings. The molecular weight excluding hydrogens is 218 g/mol. The summed E-state index contributed by atoms with van der Waals surface area (Å²) in [6.07, 6.45) is 0.547. The Bertz CT molecular complexity index is 325. The molecule has 1 saturated heterocycles. The number of carbonyl (C=O) groups excluding carboxylic acids is 1. The fourth-order valence-electron chi connectivity index (χ4n) is 1.81. The van der Waals surface area contributed by atoms with Crippen molar-refractivity contribution in [2.45, 2.75) is 19.4 Å². The van der Waals surface area contributed by atoms with Crippen LogP contribution >= 0.6 is 0 Å². The van der Waals surface area contributed by atoms with Crippen LogP contribution in [-0.2, 0) is 19.4 Å². The highest BCUT2D eigenvalue weighted by atomic mass is 32.2. The largest absolute Gasteiger partial charge is 0.383 e. The van der Waals surface area contributed by atoms with E-state index in [1.807, 2.05) is 0 Å². The van der Waals surface area contributed by atoms with Gasteiger partial charge in [-0.25, -0.2) is 8.42 Å². The highest BCUT2D eigenvalue weighted by molar-refractivity contribution is 7.91. The van der Waals surface area contributed by atoms with Gasteiger partial charge < -0.3 is 9.64 Å². The van der Waals surface area contributed by atoms with Gasteiger partial charge >= 0.3 is 0 Å². The fraction of sp³-hybridized carbons (Fsp3) is 0.889. The van der Waals surface area contributed by atoms with Crippen LogP contribution in [0, 0.1) is 0 Å². The number of methoxy groups -OCH3 is 1. The maximum Gasteiger partial charge on any atom is 0.219 e. The highest BCUT2D eigenvalue weighted by Crippen LogP contribution is 2.17. The van der Waals surface area contributed by atoms with Crippen LogP contribution in [0.3, 0.4) is 0 Å². The first-order valence-corrected chi connectivity index (χ1v) is 6.75. The lowest BCUT2D eigenvalue weighted by molar-refractivity contribution is -0.131. The van der Waals surface area contributed by atoms with Crippen molar-refractivity contribution in [3.63, 3.8) is 0 Å². The van der Waals surface area contributed by atoms with E-state index in [1.54, 1.807) is 12.0 Å². The van der Waals surface area contributed by atoms with Gasteiger partial charge in [0.25, 0.3) is 0 Å². The maximum atomic E-state index is 11.3. The number of carbonyl (C=O) groups is 1. The number of hydrogen-bond acceptors (Lipinski definition) is 4. The van der Waals surface area contributed by atoms with E-state index in [0.29, 0.717) is 19.6 Å². The average Bonchev–Trinajstić information content (AvgIpc) is 2.46. The van der Waals surface area contributed by atoms with Crippen LogP contribution in [0.1, 0.15) is 13.3 Å². The number of sulfone groups is 1. The molecule has 0 radical (unpaired) electrons. The molecule has 0 aromatic heterocycles. The summed E-state index contributed by atoms with van der Waals surface area (Å²) in [6.45, 7) is 2.36. The van der Waals surface area contributed by atoms with E-state index in [1.165, 1.54) is 6.92 Å². The third-order valence-electron chi connectivity index (χ3n) is 2.59. The van der Waals surface area contributed by atoms with Crippen molar-refractivity contribution in [1.82, 2.24) is 4.90 Å². The van der Waals surface area contributed by atoms with Gasteiger partial charge in [-0.3, -0.25) is 4.79 Å². The number of hydrogen-bond donors (Lipinski definition) is 0. The molecule has 0 spiro atoms. The molecule has 1 amide bonds. The summed E-state index contributed by atoms with van der Waals surface area (Å²) >= 11 is 0. The van der Waals surface area contributed by atoms with Gasteiger partial charge in [-0.05, 0) is 6.42 Å². The Morgan fingerprint density at radius 2 is 2.20 bits per heavy atom. The van der Waals surface area contributed by atoms with E-state index < -0.39 is 9.84 Å². The Hall–Kier alpha value is -0.620. The molecule has 5 nitrogen and oxygen atoms in total. The molecule has 0 saturated carbocycles. The Morgan fingerprint density at radius 3 is 2.60 bits per heavy atom. The molecule has 1 atom stereocenters. The molecular formula is C9H17NO4S. The van der Waals surface area contributed by atoms with E-state index >= 15 is 0 Å². The number of ether oxygens (including phenoxy) is 1. The Balaban J connectivity index is 2.61. The summed E-state index contributed by atoms with van der Waals surface area (Å²) in [5.74, 6) is 0.194. The van der Waals surface area contributed by atoms with E-state index in [0.717, 1.165) is 0 Å². The minimum Gasteiger partial charge on any atom is -0.383 e. The SMILES string of the molecule is COCCN(C(C)=O)C1CCS(=O)(=O)C1. The molecule has 1 heterocycles. The fourth-order valence-corrected chi connectivity index (χ4v) is 3.54. The highest BCUT2D eigenvalue weighted by Gasteiger charge is 2.33. The normalized spacial score (nSPS) is 24.0. The van der Waals surface area contributed by atoms with Crippen molar-refractivity contribution < 1.29 is 17.9 Å². The number of nitrogens with zero attached hydrogens (tertiary/aromatic N) is 1. The van der Waals surface area contributed by atoms with Crippen molar-refractivity contribution in [2.24, 2.45) is 0 Å². The molecule has 0 bridgehead atoms. The predicted octanol–water partition coefficient (Wildman–Crippen LogP) is -0.332. The molecule has 88 valence electrons. The van der Waals surface area contributed by atoms with Gasteiger partial charge in [-0.1, -0.05) is 0 Å². The van der Waals surface area contributed by atoms with Crippen LogP contribution in [0.2, 0.25) is 0 Å². The lowest BCUT2D eigenvalue weighted by Crippen LogP contribution is -2.41. The standard InChI is InChI=1S/C9H17NO4S/c1-8(11)10(4-5-14-2)9-3-6-15(12,13)7-9/h9H,3-7H2,1-2H3. The van der Waals surface area contributed by atoms with Crippen molar-refractivity contribution in [3.8, 4) is 0 Å². The van der Waals surface area contributed by atoms with Gasteiger partial charge in [0.05, 0.1) is 18.1 Å². The van der Waals surface area contributed by atoms with E-state index in [4.69, 9.17) is 4.74 Å². The molecule has 15 heavy (non-hydrogen) atoms. The first kappa shape index (κ1) is 12.4. The van der Waals surface area contributed by atoms with Gasteiger partial charge in [0.2, 0.25) is 5.91 Å². The monoisotopic (exact) mass is 235 g/mol. The Morgan fingerprint density at radius 1 is 1.53 bits per heavy atom. The molecule has 1 aliphatic rings. The quantitative estimate of drug-likeness (QED) is 0.669. The summed E-state index contributed by atoms with van der Waals surface area (Å²) in [6, 6.07) is -0.164. The molecule has 0 aliphatic carbocycles. The van der Waals surface area contributed by atoms with Gasteiger partial charge in [-0.15, -0.1) is 0 Å². The molecule has 0 aromatic carbocycles. The predicted molar refractivity (Wildman–Crippen MR) is 56.3 cm³/mol. The van der Waals surface area contributed by atoms with Crippen LogP contribution in [0.4, 0.5) is 0 Å². The molecule has 6 heteroatoms. The number of amides is 1. The third kappa shape index (κ3) is 3.46. The maximum absolute atomic E-state index is 11.3. The zero-order valence-electron chi connectivity index (χ0n) is 9.10. The second kappa shape index (κ2) is 4.94. The summed E-state index contributed by atoms with van der Waals surface area (Å²) in [5.41, 5.74) is 0. The smallest absolute Gasteiger partial charge is 0.219 e. The van der Waals surface area contributed by atoms with Crippen LogP contribution in [-0.4, -0.2) is 57.0 Å². The van der Waals surface area contributed by atoms with Gasteiger partial charge in [0, 0.05) is 26.6 Å². The minimum atomic E-state index is -2.93. The zero-order valence-corrected chi connectivity index (χ0v) is 9.92. The van der Waals surface area contributed by atoms with Crippen molar-refractivity contribution in [3.05, 3.63) is 0 Å². The van der Waals surface area contributed by atoms with Crippen LogP contribution < -0.4 is 0 Å². The van der Waals surface area contributed by atoms with E-state index in [9.17, 15) is 13.2 Å². The molecule has 0 N–H and O–H groups in total.